The third-order valence-electron chi connectivity index (χ3n) is 4.83. The monoisotopic (exact) mass is 349 g/mol. The van der Waals surface area contributed by atoms with Crippen LogP contribution in [-0.2, 0) is 16.0 Å². The summed E-state index contributed by atoms with van der Waals surface area (Å²) in [5, 5.41) is 8.91. The van der Waals surface area contributed by atoms with E-state index >= 15 is 0 Å². The van der Waals surface area contributed by atoms with Crippen molar-refractivity contribution in [2.24, 2.45) is 0 Å². The molecule has 2 aliphatic heterocycles. The Bertz CT molecular complexity index is 590. The second-order valence-corrected chi connectivity index (χ2v) is 8.02. The number of carbonyl (C=O) groups excluding carboxylic acids is 1. The molecular formula is C18H23NO4S. The number of ether oxygens (including phenoxy) is 1. The third kappa shape index (κ3) is 4.11. The predicted molar refractivity (Wildman–Crippen MR) is 93.5 cm³/mol. The molecule has 1 N–H and O–H groups in total. The molecule has 2 aliphatic rings. The Labute approximate surface area is 146 Å². The van der Waals surface area contributed by atoms with Crippen LogP contribution in [0.3, 0.4) is 0 Å². The van der Waals surface area contributed by atoms with Crippen LogP contribution in [0.15, 0.2) is 24.3 Å². The van der Waals surface area contributed by atoms with Gasteiger partial charge in [-0.15, -0.1) is 0 Å². The molecule has 0 aromatic heterocycles. The highest BCUT2D eigenvalue weighted by atomic mass is 32.2. The largest absolute Gasteiger partial charge is 0.478 e. The van der Waals surface area contributed by atoms with Crippen LogP contribution in [0.2, 0.25) is 0 Å². The lowest BCUT2D eigenvalue weighted by Gasteiger charge is -2.44. The van der Waals surface area contributed by atoms with Crippen molar-refractivity contribution in [2.45, 2.75) is 30.4 Å². The van der Waals surface area contributed by atoms with Crippen LogP contribution < -0.4 is 0 Å². The fourth-order valence-corrected chi connectivity index (χ4v) is 4.77. The number of rotatable bonds is 4. The number of hydrogen-bond donors (Lipinski definition) is 1. The number of amides is 1. The van der Waals surface area contributed by atoms with E-state index in [4.69, 9.17) is 9.84 Å². The Kier molecular flexibility index (Phi) is 5.46. The van der Waals surface area contributed by atoms with Crippen molar-refractivity contribution >= 4 is 23.6 Å². The average Bonchev–Trinajstić information content (AvgIpc) is 2.60. The van der Waals surface area contributed by atoms with Gasteiger partial charge in [-0.05, 0) is 37.0 Å². The van der Waals surface area contributed by atoms with E-state index in [2.05, 4.69) is 0 Å². The van der Waals surface area contributed by atoms with Crippen molar-refractivity contribution in [3.63, 3.8) is 0 Å². The van der Waals surface area contributed by atoms with Crippen LogP contribution in [-0.4, -0.2) is 58.7 Å². The van der Waals surface area contributed by atoms with Gasteiger partial charge >= 0.3 is 5.97 Å². The minimum atomic E-state index is -0.926. The zero-order chi connectivity index (χ0) is 17.0. The first-order valence-electron chi connectivity index (χ1n) is 8.40. The molecule has 0 radical (unpaired) electrons. The molecule has 0 unspecified atom stereocenters. The average molecular weight is 349 g/mol. The van der Waals surface area contributed by atoms with E-state index in [1.165, 1.54) is 0 Å². The maximum Gasteiger partial charge on any atom is 0.335 e. The van der Waals surface area contributed by atoms with Crippen molar-refractivity contribution < 1.29 is 19.4 Å². The molecular weight excluding hydrogens is 326 g/mol. The second-order valence-electron chi connectivity index (χ2n) is 6.46. The molecule has 0 aliphatic carbocycles. The maximum atomic E-state index is 12.6. The van der Waals surface area contributed by atoms with Gasteiger partial charge in [-0.3, -0.25) is 4.79 Å². The lowest BCUT2D eigenvalue weighted by atomic mass is 9.97. The van der Waals surface area contributed by atoms with E-state index < -0.39 is 5.97 Å². The summed E-state index contributed by atoms with van der Waals surface area (Å²) in [5.74, 6) is 0.271. The second kappa shape index (κ2) is 7.57. The summed E-state index contributed by atoms with van der Waals surface area (Å²) in [6.07, 6.45) is 3.18. The molecule has 2 heterocycles. The molecule has 3 rings (SSSR count). The number of carboxylic acid groups (broad SMARTS) is 1. The first-order chi connectivity index (χ1) is 11.6. The van der Waals surface area contributed by atoms with Crippen molar-refractivity contribution in [2.75, 3.05) is 32.1 Å². The van der Waals surface area contributed by atoms with Crippen LogP contribution in [0.5, 0.6) is 0 Å². The fourth-order valence-electron chi connectivity index (χ4n) is 3.33. The zero-order valence-electron chi connectivity index (χ0n) is 13.7. The predicted octanol–water partition coefficient (Wildman–Crippen LogP) is 2.44. The molecule has 6 heteroatoms. The smallest absolute Gasteiger partial charge is 0.335 e. The van der Waals surface area contributed by atoms with Crippen molar-refractivity contribution in [1.82, 2.24) is 4.90 Å². The first kappa shape index (κ1) is 17.3. The number of thioether (sulfide) groups is 1. The number of aryl methyl sites for hydroxylation is 1. The summed E-state index contributed by atoms with van der Waals surface area (Å²) in [6.45, 7) is 3.25. The number of aromatic carboxylic acids is 1. The molecule has 1 spiro atoms. The highest BCUT2D eigenvalue weighted by Crippen LogP contribution is 2.39. The van der Waals surface area contributed by atoms with E-state index in [-0.39, 0.29) is 16.2 Å². The van der Waals surface area contributed by atoms with Crippen LogP contribution >= 0.6 is 11.8 Å². The Morgan fingerprint density at radius 1 is 1.21 bits per heavy atom. The van der Waals surface area contributed by atoms with Gasteiger partial charge in [-0.25, -0.2) is 4.79 Å². The topological polar surface area (TPSA) is 66.8 Å². The van der Waals surface area contributed by atoms with Gasteiger partial charge < -0.3 is 14.7 Å². The van der Waals surface area contributed by atoms with E-state index in [1.807, 2.05) is 16.7 Å². The van der Waals surface area contributed by atoms with Crippen LogP contribution in [0.25, 0.3) is 0 Å². The molecule has 0 bridgehead atoms. The number of carbonyl (C=O) groups is 2. The molecule has 24 heavy (non-hydrogen) atoms. The van der Waals surface area contributed by atoms with E-state index in [0.29, 0.717) is 12.8 Å². The Hall–Kier alpha value is -1.53. The molecule has 1 aromatic carbocycles. The summed E-state index contributed by atoms with van der Waals surface area (Å²) in [7, 11) is 0. The van der Waals surface area contributed by atoms with Gasteiger partial charge in [0.05, 0.1) is 5.56 Å². The fraction of sp³-hybridized carbons (Fsp3) is 0.556. The lowest BCUT2D eigenvalue weighted by molar-refractivity contribution is -0.132. The van der Waals surface area contributed by atoms with Gasteiger partial charge in [0.25, 0.3) is 0 Å². The summed E-state index contributed by atoms with van der Waals surface area (Å²) in [4.78, 5) is 25.4. The Balaban J connectivity index is 1.53. The molecule has 1 amide bonds. The van der Waals surface area contributed by atoms with Gasteiger partial charge in [0, 0.05) is 43.2 Å². The molecule has 130 valence electrons. The van der Waals surface area contributed by atoms with Gasteiger partial charge in [0.15, 0.2) is 0 Å². The number of hydrogen-bond acceptors (Lipinski definition) is 4. The van der Waals surface area contributed by atoms with Crippen LogP contribution in [0.1, 0.15) is 35.2 Å². The zero-order valence-corrected chi connectivity index (χ0v) is 14.5. The van der Waals surface area contributed by atoms with E-state index in [1.54, 1.807) is 24.3 Å². The maximum absolute atomic E-state index is 12.6. The first-order valence-corrected chi connectivity index (χ1v) is 9.38. The molecule has 5 nitrogen and oxygen atoms in total. The van der Waals surface area contributed by atoms with Gasteiger partial charge in [0.1, 0.15) is 0 Å². The summed E-state index contributed by atoms with van der Waals surface area (Å²) >= 11 is 2.00. The molecule has 1 aromatic rings. The Morgan fingerprint density at radius 2 is 1.92 bits per heavy atom. The normalized spacial score (nSPS) is 20.1. The number of benzene rings is 1. The molecule has 0 saturated carbocycles. The number of nitrogens with zero attached hydrogens (tertiary/aromatic N) is 1. The van der Waals surface area contributed by atoms with Crippen molar-refractivity contribution in [3.8, 4) is 0 Å². The summed E-state index contributed by atoms with van der Waals surface area (Å²) < 4.78 is 5.66. The van der Waals surface area contributed by atoms with Gasteiger partial charge in [-0.1, -0.05) is 12.1 Å². The highest BCUT2D eigenvalue weighted by Gasteiger charge is 2.38. The minimum absolute atomic E-state index is 0.190. The lowest BCUT2D eigenvalue weighted by Crippen LogP contribution is -2.51. The SMILES string of the molecule is O=C(O)c1ccc(CCC(=O)N2CCSC3(CCOCC3)C2)cc1. The van der Waals surface area contributed by atoms with Crippen molar-refractivity contribution in [1.29, 1.82) is 0 Å². The number of carboxylic acids is 1. The van der Waals surface area contributed by atoms with Crippen LogP contribution in [0, 0.1) is 0 Å². The summed E-state index contributed by atoms with van der Waals surface area (Å²) in [6, 6.07) is 6.78. The minimum Gasteiger partial charge on any atom is -0.478 e. The Morgan fingerprint density at radius 3 is 2.58 bits per heavy atom. The van der Waals surface area contributed by atoms with Gasteiger partial charge in [-0.2, -0.15) is 11.8 Å². The third-order valence-corrected chi connectivity index (χ3v) is 6.37. The highest BCUT2D eigenvalue weighted by molar-refractivity contribution is 8.00. The molecule has 0 atom stereocenters. The standard InChI is InChI=1S/C18H23NO4S/c20-16(6-3-14-1-4-15(5-2-14)17(21)22)19-9-12-24-18(13-19)7-10-23-11-8-18/h1-2,4-5H,3,6-13H2,(H,21,22). The van der Waals surface area contributed by atoms with Crippen LogP contribution in [0.4, 0.5) is 0 Å². The van der Waals surface area contributed by atoms with E-state index in [0.717, 1.165) is 50.5 Å². The molecule has 2 fully saturated rings. The van der Waals surface area contributed by atoms with Crippen molar-refractivity contribution in [3.05, 3.63) is 35.4 Å². The molecule has 2 saturated heterocycles. The summed E-state index contributed by atoms with van der Waals surface area (Å²) in [5.41, 5.74) is 1.28. The van der Waals surface area contributed by atoms with Gasteiger partial charge in [0.2, 0.25) is 5.91 Å². The quantitative estimate of drug-likeness (QED) is 0.904. The van der Waals surface area contributed by atoms with E-state index in [9.17, 15) is 9.59 Å².